The quantitative estimate of drug-likeness (QED) is 0.939. The second-order valence-corrected chi connectivity index (χ2v) is 6.05. The molecule has 1 atom stereocenters. The molecule has 2 amide bonds. The summed E-state index contributed by atoms with van der Waals surface area (Å²) in [5.41, 5.74) is 2.31. The third-order valence-corrected chi connectivity index (χ3v) is 4.22. The fourth-order valence-electron chi connectivity index (χ4n) is 2.90. The molecule has 0 bridgehead atoms. The van der Waals surface area contributed by atoms with Crippen LogP contribution in [0.25, 0.3) is 0 Å². The maximum absolute atomic E-state index is 13.6. The number of carbonyl (C=O) groups is 2. The SMILES string of the molecule is Cc1cccc(N2C[C@H](C(=O)NCc3ccccc3F)CC2=O)c1. The van der Waals surface area contributed by atoms with Crippen molar-refractivity contribution in [1.29, 1.82) is 0 Å². The second-order valence-electron chi connectivity index (χ2n) is 6.05. The first-order valence-corrected chi connectivity index (χ1v) is 7.93. The molecule has 2 aromatic carbocycles. The lowest BCUT2D eigenvalue weighted by molar-refractivity contribution is -0.126. The Morgan fingerprint density at radius 1 is 1.25 bits per heavy atom. The number of nitrogens with zero attached hydrogens (tertiary/aromatic N) is 1. The topological polar surface area (TPSA) is 49.4 Å². The lowest BCUT2D eigenvalue weighted by atomic mass is 10.1. The van der Waals surface area contributed by atoms with E-state index in [2.05, 4.69) is 5.32 Å². The maximum Gasteiger partial charge on any atom is 0.227 e. The van der Waals surface area contributed by atoms with Crippen LogP contribution in [0.4, 0.5) is 10.1 Å². The first kappa shape index (κ1) is 16.2. The van der Waals surface area contributed by atoms with Gasteiger partial charge in [-0.25, -0.2) is 4.39 Å². The van der Waals surface area contributed by atoms with Crippen molar-refractivity contribution in [3.8, 4) is 0 Å². The highest BCUT2D eigenvalue weighted by molar-refractivity contribution is 6.00. The number of hydrogen-bond acceptors (Lipinski definition) is 2. The highest BCUT2D eigenvalue weighted by atomic mass is 19.1. The first-order valence-electron chi connectivity index (χ1n) is 7.93. The molecule has 0 spiro atoms. The van der Waals surface area contributed by atoms with Crippen LogP contribution >= 0.6 is 0 Å². The van der Waals surface area contributed by atoms with E-state index in [9.17, 15) is 14.0 Å². The van der Waals surface area contributed by atoms with Gasteiger partial charge in [0.2, 0.25) is 11.8 Å². The monoisotopic (exact) mass is 326 g/mol. The van der Waals surface area contributed by atoms with Gasteiger partial charge in [-0.3, -0.25) is 9.59 Å². The molecule has 0 aromatic heterocycles. The van der Waals surface area contributed by atoms with Crippen LogP contribution < -0.4 is 10.2 Å². The van der Waals surface area contributed by atoms with E-state index < -0.39 is 5.92 Å². The molecule has 0 unspecified atom stereocenters. The fraction of sp³-hybridized carbons (Fsp3) is 0.263. The third kappa shape index (κ3) is 3.45. The number of hydrogen-bond donors (Lipinski definition) is 1. The molecule has 0 radical (unpaired) electrons. The lowest BCUT2D eigenvalue weighted by Gasteiger charge is -2.17. The number of rotatable bonds is 4. The molecule has 1 saturated heterocycles. The van der Waals surface area contributed by atoms with Crippen molar-refractivity contribution >= 4 is 17.5 Å². The number of nitrogens with one attached hydrogen (secondary N) is 1. The summed E-state index contributed by atoms with van der Waals surface area (Å²) in [6.07, 6.45) is 0.178. The molecule has 1 aliphatic heterocycles. The molecule has 3 rings (SSSR count). The second kappa shape index (κ2) is 6.83. The Bertz CT molecular complexity index is 775. The van der Waals surface area contributed by atoms with Crippen molar-refractivity contribution in [3.63, 3.8) is 0 Å². The minimum Gasteiger partial charge on any atom is -0.352 e. The Hall–Kier alpha value is -2.69. The average Bonchev–Trinajstić information content (AvgIpc) is 2.96. The van der Waals surface area contributed by atoms with E-state index in [0.717, 1.165) is 11.3 Å². The Kier molecular flexibility index (Phi) is 4.60. The number of benzene rings is 2. The van der Waals surface area contributed by atoms with Crippen molar-refractivity contribution < 1.29 is 14.0 Å². The van der Waals surface area contributed by atoms with E-state index >= 15 is 0 Å². The predicted octanol–water partition coefficient (Wildman–Crippen LogP) is 2.80. The van der Waals surface area contributed by atoms with E-state index in [1.807, 2.05) is 31.2 Å². The maximum atomic E-state index is 13.6. The van der Waals surface area contributed by atoms with E-state index in [0.29, 0.717) is 12.1 Å². The van der Waals surface area contributed by atoms with Gasteiger partial charge in [0.05, 0.1) is 5.92 Å². The summed E-state index contributed by atoms with van der Waals surface area (Å²) >= 11 is 0. The van der Waals surface area contributed by atoms with Gasteiger partial charge in [0.25, 0.3) is 0 Å². The molecule has 1 aliphatic rings. The van der Waals surface area contributed by atoms with Gasteiger partial charge in [-0.1, -0.05) is 30.3 Å². The highest BCUT2D eigenvalue weighted by Crippen LogP contribution is 2.25. The van der Waals surface area contributed by atoms with Crippen LogP contribution in [-0.2, 0) is 16.1 Å². The van der Waals surface area contributed by atoms with Gasteiger partial charge >= 0.3 is 0 Å². The van der Waals surface area contributed by atoms with Crippen LogP contribution in [0.1, 0.15) is 17.5 Å². The van der Waals surface area contributed by atoms with Gasteiger partial charge in [-0.15, -0.1) is 0 Å². The van der Waals surface area contributed by atoms with Crippen LogP contribution in [0.3, 0.4) is 0 Å². The Morgan fingerprint density at radius 2 is 2.04 bits per heavy atom. The molecule has 4 nitrogen and oxygen atoms in total. The van der Waals surface area contributed by atoms with Gasteiger partial charge in [0.15, 0.2) is 0 Å². The van der Waals surface area contributed by atoms with Crippen molar-refractivity contribution in [2.75, 3.05) is 11.4 Å². The summed E-state index contributed by atoms with van der Waals surface area (Å²) in [6, 6.07) is 14.0. The van der Waals surface area contributed by atoms with Crippen molar-refractivity contribution in [2.24, 2.45) is 5.92 Å². The molecular weight excluding hydrogens is 307 g/mol. The number of carbonyl (C=O) groups excluding carboxylic acids is 2. The lowest BCUT2D eigenvalue weighted by Crippen LogP contribution is -2.32. The molecule has 24 heavy (non-hydrogen) atoms. The molecule has 1 fully saturated rings. The summed E-state index contributed by atoms with van der Waals surface area (Å²) < 4.78 is 13.6. The van der Waals surface area contributed by atoms with Gasteiger partial charge in [0, 0.05) is 30.8 Å². The average molecular weight is 326 g/mol. The van der Waals surface area contributed by atoms with Gasteiger partial charge in [-0.2, -0.15) is 0 Å². The Morgan fingerprint density at radius 3 is 2.79 bits per heavy atom. The number of aryl methyl sites for hydroxylation is 1. The number of amides is 2. The molecule has 2 aromatic rings. The summed E-state index contributed by atoms with van der Waals surface area (Å²) in [5.74, 6) is -1.04. The van der Waals surface area contributed by atoms with Crippen LogP contribution in [-0.4, -0.2) is 18.4 Å². The normalized spacial score (nSPS) is 17.2. The highest BCUT2D eigenvalue weighted by Gasteiger charge is 2.35. The summed E-state index contributed by atoms with van der Waals surface area (Å²) in [5, 5.41) is 2.73. The smallest absolute Gasteiger partial charge is 0.227 e. The predicted molar refractivity (Wildman–Crippen MR) is 89.9 cm³/mol. The van der Waals surface area contributed by atoms with Crippen LogP contribution in [0.2, 0.25) is 0 Å². The molecule has 124 valence electrons. The largest absolute Gasteiger partial charge is 0.352 e. The van der Waals surface area contributed by atoms with E-state index in [1.54, 1.807) is 23.1 Å². The summed E-state index contributed by atoms with van der Waals surface area (Å²) in [6.45, 7) is 2.44. The zero-order valence-corrected chi connectivity index (χ0v) is 13.5. The fourth-order valence-corrected chi connectivity index (χ4v) is 2.90. The Balaban J connectivity index is 1.63. The van der Waals surface area contributed by atoms with E-state index in [-0.39, 0.29) is 30.6 Å². The van der Waals surface area contributed by atoms with Crippen molar-refractivity contribution in [1.82, 2.24) is 5.32 Å². The van der Waals surface area contributed by atoms with Crippen LogP contribution in [0.5, 0.6) is 0 Å². The molecule has 0 saturated carbocycles. The van der Waals surface area contributed by atoms with Crippen molar-refractivity contribution in [3.05, 3.63) is 65.5 Å². The molecule has 5 heteroatoms. The van der Waals surface area contributed by atoms with Crippen LogP contribution in [0, 0.1) is 18.7 Å². The minimum atomic E-state index is -0.412. The van der Waals surface area contributed by atoms with Crippen molar-refractivity contribution in [2.45, 2.75) is 19.9 Å². The zero-order chi connectivity index (χ0) is 17.1. The molecular formula is C19H19FN2O2. The van der Waals surface area contributed by atoms with Crippen LogP contribution in [0.15, 0.2) is 48.5 Å². The minimum absolute atomic E-state index is 0.0633. The van der Waals surface area contributed by atoms with E-state index in [1.165, 1.54) is 6.07 Å². The summed E-state index contributed by atoms with van der Waals surface area (Å²) in [7, 11) is 0. The van der Waals surface area contributed by atoms with E-state index in [4.69, 9.17) is 0 Å². The van der Waals surface area contributed by atoms with Gasteiger partial charge in [0.1, 0.15) is 5.82 Å². The van der Waals surface area contributed by atoms with Gasteiger partial charge in [-0.05, 0) is 30.7 Å². The standard InChI is InChI=1S/C19H19FN2O2/c1-13-5-4-7-16(9-13)22-12-15(10-18(22)23)19(24)21-11-14-6-2-3-8-17(14)20/h2-9,15H,10-12H2,1H3,(H,21,24)/t15-/m1/s1. The number of halogens is 1. The number of anilines is 1. The molecule has 0 aliphatic carbocycles. The zero-order valence-electron chi connectivity index (χ0n) is 13.5. The van der Waals surface area contributed by atoms with Gasteiger partial charge < -0.3 is 10.2 Å². The molecule has 1 heterocycles. The first-order chi connectivity index (χ1) is 11.5. The summed E-state index contributed by atoms with van der Waals surface area (Å²) in [4.78, 5) is 26.2. The Labute approximate surface area is 140 Å². The molecule has 1 N–H and O–H groups in total. The third-order valence-electron chi connectivity index (χ3n) is 4.22.